The quantitative estimate of drug-likeness (QED) is 0.261. The molecular weight excluding hydrogens is 180 g/mol. The SMILES string of the molecule is [CH]=C=CCCCCCCC=CCCCC. The molecule has 0 nitrogen and oxygen atoms in total. The predicted molar refractivity (Wildman–Crippen MR) is 68.8 cm³/mol. The van der Waals surface area contributed by atoms with Crippen molar-refractivity contribution in [3.05, 3.63) is 30.5 Å². The Hall–Kier alpha value is -0.740. The van der Waals surface area contributed by atoms with Crippen LogP contribution in [-0.4, -0.2) is 0 Å². The fraction of sp³-hybridized carbons (Fsp3) is 0.667. The molecule has 0 rings (SSSR count). The first-order chi connectivity index (χ1) is 7.41. The van der Waals surface area contributed by atoms with Gasteiger partial charge in [0.2, 0.25) is 0 Å². The van der Waals surface area contributed by atoms with E-state index in [0.717, 1.165) is 6.42 Å². The first kappa shape index (κ1) is 14.3. The number of rotatable bonds is 10. The van der Waals surface area contributed by atoms with Gasteiger partial charge in [0, 0.05) is 0 Å². The van der Waals surface area contributed by atoms with Crippen molar-refractivity contribution in [1.29, 1.82) is 0 Å². The second-order valence-corrected chi connectivity index (χ2v) is 3.98. The van der Waals surface area contributed by atoms with E-state index >= 15 is 0 Å². The zero-order chi connectivity index (χ0) is 11.2. The molecule has 0 spiro atoms. The molecule has 15 heavy (non-hydrogen) atoms. The van der Waals surface area contributed by atoms with Gasteiger partial charge in [0.1, 0.15) is 0 Å². The van der Waals surface area contributed by atoms with Crippen LogP contribution in [0, 0.1) is 6.58 Å². The summed E-state index contributed by atoms with van der Waals surface area (Å²) in [6.07, 6.45) is 18.1. The van der Waals surface area contributed by atoms with Crippen molar-refractivity contribution in [2.24, 2.45) is 0 Å². The molecule has 1 radical (unpaired) electrons. The molecule has 0 saturated carbocycles. The van der Waals surface area contributed by atoms with Gasteiger partial charge in [0.05, 0.1) is 0 Å². The first-order valence-corrected chi connectivity index (χ1v) is 6.34. The van der Waals surface area contributed by atoms with Crippen LogP contribution in [0.5, 0.6) is 0 Å². The summed E-state index contributed by atoms with van der Waals surface area (Å²) in [5.74, 6) is 0. The molecule has 85 valence electrons. The fourth-order valence-corrected chi connectivity index (χ4v) is 1.50. The zero-order valence-corrected chi connectivity index (χ0v) is 10.2. The van der Waals surface area contributed by atoms with Crippen molar-refractivity contribution in [2.45, 2.75) is 64.7 Å². The summed E-state index contributed by atoms with van der Waals surface area (Å²) in [4.78, 5) is 0. The molecule has 0 fully saturated rings. The Kier molecular flexibility index (Phi) is 12.6. The lowest BCUT2D eigenvalue weighted by Gasteiger charge is -1.96. The maximum absolute atomic E-state index is 5.13. The van der Waals surface area contributed by atoms with E-state index in [4.69, 9.17) is 6.58 Å². The van der Waals surface area contributed by atoms with Gasteiger partial charge < -0.3 is 0 Å². The highest BCUT2D eigenvalue weighted by Crippen LogP contribution is 2.06. The Balaban J connectivity index is 3.04. The molecule has 0 amide bonds. The van der Waals surface area contributed by atoms with Gasteiger partial charge in [0.15, 0.2) is 0 Å². The van der Waals surface area contributed by atoms with Crippen LogP contribution < -0.4 is 0 Å². The number of hydrogen-bond donors (Lipinski definition) is 0. The molecule has 0 heteroatoms. The summed E-state index contributed by atoms with van der Waals surface area (Å²) in [7, 11) is 0. The molecule has 0 atom stereocenters. The largest absolute Gasteiger partial charge is 0.125 e. The van der Waals surface area contributed by atoms with E-state index in [9.17, 15) is 0 Å². The third-order valence-electron chi connectivity index (χ3n) is 2.48. The van der Waals surface area contributed by atoms with Gasteiger partial charge >= 0.3 is 0 Å². The van der Waals surface area contributed by atoms with Gasteiger partial charge in [-0.05, 0) is 44.8 Å². The van der Waals surface area contributed by atoms with Crippen molar-refractivity contribution >= 4 is 0 Å². The van der Waals surface area contributed by atoms with Crippen LogP contribution in [0.25, 0.3) is 0 Å². The minimum absolute atomic E-state index is 1.09. The summed E-state index contributed by atoms with van der Waals surface area (Å²) < 4.78 is 0. The van der Waals surface area contributed by atoms with Gasteiger partial charge in [-0.2, -0.15) is 0 Å². The lowest BCUT2D eigenvalue weighted by molar-refractivity contribution is 0.651. The van der Waals surface area contributed by atoms with Crippen molar-refractivity contribution in [3.8, 4) is 0 Å². The second kappa shape index (κ2) is 13.3. The summed E-state index contributed by atoms with van der Waals surface area (Å²) in [6.45, 7) is 7.37. The molecule has 0 aromatic carbocycles. The summed E-state index contributed by atoms with van der Waals surface area (Å²) in [5.41, 5.74) is 2.56. The number of allylic oxidation sites excluding steroid dienone is 3. The zero-order valence-electron chi connectivity index (χ0n) is 10.2. The lowest BCUT2D eigenvalue weighted by atomic mass is 10.1. The minimum Gasteiger partial charge on any atom is -0.125 e. The molecule has 0 aliphatic heterocycles. The maximum atomic E-state index is 5.13. The van der Waals surface area contributed by atoms with E-state index in [1.165, 1.54) is 51.4 Å². The van der Waals surface area contributed by atoms with E-state index in [0.29, 0.717) is 0 Å². The van der Waals surface area contributed by atoms with Crippen LogP contribution in [0.1, 0.15) is 64.7 Å². The van der Waals surface area contributed by atoms with Crippen LogP contribution in [0.2, 0.25) is 0 Å². The van der Waals surface area contributed by atoms with Gasteiger partial charge in [-0.25, -0.2) is 0 Å². The third-order valence-corrected chi connectivity index (χ3v) is 2.48. The highest BCUT2D eigenvalue weighted by Gasteiger charge is 1.87. The summed E-state index contributed by atoms with van der Waals surface area (Å²) in [6, 6.07) is 0. The molecule has 0 heterocycles. The Labute approximate surface area is 95.8 Å². The normalized spacial score (nSPS) is 10.5. The Morgan fingerprint density at radius 2 is 1.47 bits per heavy atom. The Morgan fingerprint density at radius 1 is 0.867 bits per heavy atom. The van der Waals surface area contributed by atoms with E-state index in [1.54, 1.807) is 0 Å². The van der Waals surface area contributed by atoms with E-state index in [1.807, 2.05) is 6.08 Å². The van der Waals surface area contributed by atoms with E-state index in [-0.39, 0.29) is 0 Å². The highest BCUT2D eigenvalue weighted by atomic mass is 13.9. The lowest BCUT2D eigenvalue weighted by Crippen LogP contribution is -1.76. The van der Waals surface area contributed by atoms with Crippen LogP contribution in [-0.2, 0) is 0 Å². The number of unbranched alkanes of at least 4 members (excludes halogenated alkanes) is 7. The predicted octanol–water partition coefficient (Wildman–Crippen LogP) is 5.22. The van der Waals surface area contributed by atoms with Crippen LogP contribution in [0.15, 0.2) is 24.0 Å². The first-order valence-electron chi connectivity index (χ1n) is 6.34. The average Bonchev–Trinajstić information content (AvgIpc) is 2.26. The van der Waals surface area contributed by atoms with Crippen LogP contribution >= 0.6 is 0 Å². The maximum Gasteiger partial charge on any atom is -0.0126 e. The summed E-state index contributed by atoms with van der Waals surface area (Å²) >= 11 is 0. The average molecular weight is 205 g/mol. The number of hydrogen-bond acceptors (Lipinski definition) is 0. The second-order valence-electron chi connectivity index (χ2n) is 3.98. The van der Waals surface area contributed by atoms with Crippen molar-refractivity contribution in [1.82, 2.24) is 0 Å². The molecule has 0 saturated heterocycles. The van der Waals surface area contributed by atoms with Gasteiger partial charge in [-0.1, -0.05) is 44.8 Å². The Bertz CT molecular complexity index is 182. The Morgan fingerprint density at radius 3 is 2.07 bits per heavy atom. The van der Waals surface area contributed by atoms with Crippen LogP contribution in [0.3, 0.4) is 0 Å². The van der Waals surface area contributed by atoms with Crippen LogP contribution in [0.4, 0.5) is 0 Å². The smallest absolute Gasteiger partial charge is 0.0126 e. The fourth-order valence-electron chi connectivity index (χ4n) is 1.50. The van der Waals surface area contributed by atoms with Gasteiger partial charge in [-0.15, -0.1) is 5.73 Å². The molecule has 0 aromatic rings. The standard InChI is InChI=1S/C15H25/c1-3-5-7-9-11-13-15-14-12-10-8-6-4-2/h1,5,10,12H,4,6-9,11,13-15H2,2H3. The molecule has 0 N–H and O–H groups in total. The molecule has 0 aliphatic rings. The van der Waals surface area contributed by atoms with Crippen molar-refractivity contribution < 1.29 is 0 Å². The molecule has 0 aliphatic carbocycles. The monoisotopic (exact) mass is 205 g/mol. The molecule has 0 bridgehead atoms. The molecular formula is C15H25. The minimum atomic E-state index is 1.09. The van der Waals surface area contributed by atoms with E-state index < -0.39 is 0 Å². The van der Waals surface area contributed by atoms with Gasteiger partial charge in [0.25, 0.3) is 0 Å². The van der Waals surface area contributed by atoms with Crippen molar-refractivity contribution in [3.63, 3.8) is 0 Å². The molecule has 0 unspecified atom stereocenters. The van der Waals surface area contributed by atoms with Gasteiger partial charge in [-0.3, -0.25) is 0 Å². The summed E-state index contributed by atoms with van der Waals surface area (Å²) in [5, 5.41) is 0. The molecule has 0 aromatic heterocycles. The van der Waals surface area contributed by atoms with Crippen molar-refractivity contribution in [2.75, 3.05) is 0 Å². The van der Waals surface area contributed by atoms with E-state index in [2.05, 4.69) is 24.8 Å². The topological polar surface area (TPSA) is 0 Å². The highest BCUT2D eigenvalue weighted by molar-refractivity contribution is 4.81. The third kappa shape index (κ3) is 13.3.